The Labute approximate surface area is 91.5 Å². The lowest BCUT2D eigenvalue weighted by Gasteiger charge is -2.35. The molecule has 7 nitrogen and oxygen atoms in total. The molecule has 0 radical (unpaired) electrons. The van der Waals surface area contributed by atoms with Crippen LogP contribution in [0.5, 0.6) is 0 Å². The molecule has 2 aliphatic rings. The van der Waals surface area contributed by atoms with Gasteiger partial charge in [0, 0.05) is 0 Å². The van der Waals surface area contributed by atoms with Gasteiger partial charge >= 0.3 is 5.97 Å². The monoisotopic (exact) mass is 234 g/mol. The summed E-state index contributed by atoms with van der Waals surface area (Å²) in [6.07, 6.45) is -6.23. The molecule has 0 amide bonds. The molecule has 2 saturated heterocycles. The second-order valence-electron chi connectivity index (χ2n) is 4.34. The molecule has 0 aliphatic carbocycles. The summed E-state index contributed by atoms with van der Waals surface area (Å²) in [5, 5.41) is 28.0. The minimum Gasteiger partial charge on any atom is -0.479 e. The van der Waals surface area contributed by atoms with Crippen molar-refractivity contribution in [1.82, 2.24) is 0 Å². The van der Waals surface area contributed by atoms with Gasteiger partial charge in [-0.2, -0.15) is 0 Å². The molecule has 0 aromatic carbocycles. The molecule has 0 unspecified atom stereocenters. The van der Waals surface area contributed by atoms with Crippen molar-refractivity contribution in [2.45, 2.75) is 50.3 Å². The maximum absolute atomic E-state index is 10.8. The maximum Gasteiger partial charge on any atom is 0.335 e. The van der Waals surface area contributed by atoms with E-state index in [0.717, 1.165) is 0 Å². The van der Waals surface area contributed by atoms with Gasteiger partial charge in [-0.05, 0) is 13.8 Å². The topological polar surface area (TPSA) is 105 Å². The second kappa shape index (κ2) is 3.64. The van der Waals surface area contributed by atoms with Crippen molar-refractivity contribution < 1.29 is 34.3 Å². The van der Waals surface area contributed by atoms with Crippen molar-refractivity contribution in [2.24, 2.45) is 0 Å². The molecule has 5 atom stereocenters. The largest absolute Gasteiger partial charge is 0.479 e. The van der Waals surface area contributed by atoms with Crippen molar-refractivity contribution in [3.63, 3.8) is 0 Å². The molecule has 0 aromatic heterocycles. The zero-order chi connectivity index (χ0) is 12.1. The van der Waals surface area contributed by atoms with Crippen molar-refractivity contribution in [3.8, 4) is 0 Å². The van der Waals surface area contributed by atoms with Gasteiger partial charge in [0.1, 0.15) is 18.3 Å². The van der Waals surface area contributed by atoms with Crippen LogP contribution in [0.4, 0.5) is 0 Å². The number of ether oxygens (including phenoxy) is 3. The van der Waals surface area contributed by atoms with Crippen LogP contribution in [0, 0.1) is 0 Å². The van der Waals surface area contributed by atoms with Crippen LogP contribution in [0.1, 0.15) is 13.8 Å². The van der Waals surface area contributed by atoms with E-state index in [1.165, 1.54) is 0 Å². The fourth-order valence-electron chi connectivity index (χ4n) is 1.90. The Kier molecular flexibility index (Phi) is 2.67. The van der Waals surface area contributed by atoms with E-state index in [9.17, 15) is 15.0 Å². The van der Waals surface area contributed by atoms with Crippen LogP contribution in [-0.4, -0.2) is 57.8 Å². The van der Waals surface area contributed by atoms with Crippen LogP contribution < -0.4 is 0 Å². The molecular weight excluding hydrogens is 220 g/mol. The van der Waals surface area contributed by atoms with Gasteiger partial charge in [0.2, 0.25) is 0 Å². The van der Waals surface area contributed by atoms with E-state index in [1.54, 1.807) is 13.8 Å². The minimum atomic E-state index is -1.53. The molecule has 2 fully saturated rings. The Hall–Kier alpha value is -0.730. The third-order valence-corrected chi connectivity index (χ3v) is 2.61. The van der Waals surface area contributed by atoms with Gasteiger partial charge in [-0.1, -0.05) is 0 Å². The van der Waals surface area contributed by atoms with Crippen LogP contribution in [0.25, 0.3) is 0 Å². The Morgan fingerprint density at radius 3 is 2.38 bits per heavy atom. The third kappa shape index (κ3) is 1.80. The van der Waals surface area contributed by atoms with Crippen molar-refractivity contribution in [2.75, 3.05) is 0 Å². The molecule has 3 N–H and O–H groups in total. The van der Waals surface area contributed by atoms with Crippen molar-refractivity contribution >= 4 is 5.97 Å². The van der Waals surface area contributed by atoms with E-state index >= 15 is 0 Å². The summed E-state index contributed by atoms with van der Waals surface area (Å²) < 4.78 is 15.6. The Bertz CT molecular complexity index is 302. The molecule has 16 heavy (non-hydrogen) atoms. The standard InChI is InChI=1S/C9H14O7/c1-9(2)15-6-4(11)3(10)5(7(12)13)14-8(6)16-9/h3-6,8,10-11H,1-2H3,(H,12,13)/t3-,4-,5-,6+,8+/m0/s1. The Morgan fingerprint density at radius 1 is 1.19 bits per heavy atom. The van der Waals surface area contributed by atoms with Crippen LogP contribution in [-0.2, 0) is 19.0 Å². The van der Waals surface area contributed by atoms with Crippen molar-refractivity contribution in [3.05, 3.63) is 0 Å². The molecule has 2 aliphatic heterocycles. The highest BCUT2D eigenvalue weighted by atomic mass is 16.8. The highest BCUT2D eigenvalue weighted by Gasteiger charge is 2.55. The molecule has 7 heteroatoms. The fourth-order valence-corrected chi connectivity index (χ4v) is 1.90. The quantitative estimate of drug-likeness (QED) is 0.516. The van der Waals surface area contributed by atoms with Gasteiger partial charge < -0.3 is 29.5 Å². The third-order valence-electron chi connectivity index (χ3n) is 2.61. The zero-order valence-electron chi connectivity index (χ0n) is 8.86. The zero-order valence-corrected chi connectivity index (χ0v) is 8.86. The van der Waals surface area contributed by atoms with Crippen LogP contribution >= 0.6 is 0 Å². The Morgan fingerprint density at radius 2 is 1.81 bits per heavy atom. The summed E-state index contributed by atoms with van der Waals surface area (Å²) in [7, 11) is 0. The molecule has 0 spiro atoms. The second-order valence-corrected chi connectivity index (χ2v) is 4.34. The lowest BCUT2D eigenvalue weighted by Crippen LogP contribution is -2.58. The predicted octanol–water partition coefficient (Wildman–Crippen LogP) is -1.33. The maximum atomic E-state index is 10.8. The van der Waals surface area contributed by atoms with Crippen LogP contribution in [0.2, 0.25) is 0 Å². The summed E-state index contributed by atoms with van der Waals surface area (Å²) in [5.74, 6) is -2.32. The first-order valence-corrected chi connectivity index (χ1v) is 4.92. The smallest absolute Gasteiger partial charge is 0.335 e. The number of carboxylic acids is 1. The average molecular weight is 234 g/mol. The minimum absolute atomic E-state index is 0.874. The van der Waals surface area contributed by atoms with E-state index in [-0.39, 0.29) is 0 Å². The normalized spacial score (nSPS) is 46.4. The summed E-state index contributed by atoms with van der Waals surface area (Å²) in [6, 6.07) is 0. The van der Waals surface area contributed by atoms with Gasteiger partial charge in [-0.3, -0.25) is 0 Å². The number of aliphatic hydroxyl groups excluding tert-OH is 2. The number of aliphatic hydroxyl groups is 2. The summed E-state index contributed by atoms with van der Waals surface area (Å²) in [5.41, 5.74) is 0. The molecule has 2 rings (SSSR count). The molecule has 2 heterocycles. The number of fused-ring (bicyclic) bond motifs is 1. The first kappa shape index (κ1) is 11.7. The fraction of sp³-hybridized carbons (Fsp3) is 0.889. The number of hydrogen-bond acceptors (Lipinski definition) is 6. The summed E-state index contributed by atoms with van der Waals surface area (Å²) >= 11 is 0. The van der Waals surface area contributed by atoms with E-state index < -0.39 is 42.5 Å². The van der Waals surface area contributed by atoms with Gasteiger partial charge in [-0.15, -0.1) is 0 Å². The summed E-state index contributed by atoms with van der Waals surface area (Å²) in [4.78, 5) is 10.8. The van der Waals surface area contributed by atoms with Crippen LogP contribution in [0.3, 0.4) is 0 Å². The van der Waals surface area contributed by atoms with E-state index in [1.807, 2.05) is 0 Å². The number of aliphatic carboxylic acids is 1. The van der Waals surface area contributed by atoms with Gasteiger partial charge in [0.25, 0.3) is 0 Å². The Balaban J connectivity index is 2.18. The molecular formula is C9H14O7. The number of rotatable bonds is 1. The first-order valence-electron chi connectivity index (χ1n) is 4.92. The number of carboxylic acid groups (broad SMARTS) is 1. The molecule has 0 saturated carbocycles. The van der Waals surface area contributed by atoms with Crippen molar-refractivity contribution in [1.29, 1.82) is 0 Å². The molecule has 92 valence electrons. The summed E-state index contributed by atoms with van der Waals surface area (Å²) in [6.45, 7) is 3.23. The lowest BCUT2D eigenvalue weighted by molar-refractivity contribution is -0.251. The van der Waals surface area contributed by atoms with Crippen LogP contribution in [0.15, 0.2) is 0 Å². The lowest BCUT2D eigenvalue weighted by atomic mass is 9.99. The predicted molar refractivity (Wildman–Crippen MR) is 48.3 cm³/mol. The van der Waals surface area contributed by atoms with Gasteiger partial charge in [0.05, 0.1) is 0 Å². The van der Waals surface area contributed by atoms with E-state index in [4.69, 9.17) is 19.3 Å². The molecule has 0 aromatic rings. The van der Waals surface area contributed by atoms with E-state index in [0.29, 0.717) is 0 Å². The number of hydrogen-bond donors (Lipinski definition) is 3. The SMILES string of the molecule is CC1(C)O[C@H]2O[C@H](C(=O)O)[C@@H](O)[C@H](O)[C@H]2O1. The van der Waals surface area contributed by atoms with Gasteiger partial charge in [-0.25, -0.2) is 4.79 Å². The number of carbonyl (C=O) groups is 1. The first-order chi connectivity index (χ1) is 7.32. The molecule has 0 bridgehead atoms. The van der Waals surface area contributed by atoms with Gasteiger partial charge in [0.15, 0.2) is 18.2 Å². The van der Waals surface area contributed by atoms with E-state index in [2.05, 4.69) is 0 Å². The highest BCUT2D eigenvalue weighted by molar-refractivity contribution is 5.73. The average Bonchev–Trinajstić information content (AvgIpc) is 2.46. The highest BCUT2D eigenvalue weighted by Crippen LogP contribution is 2.36.